The topological polar surface area (TPSA) is 120 Å². The molecular formula is C25H27N3O6. The van der Waals surface area contributed by atoms with Crippen LogP contribution in [0.4, 0.5) is 0 Å². The summed E-state index contributed by atoms with van der Waals surface area (Å²) in [6.45, 7) is 2.75. The number of carbonyl (C=O) groups is 2. The lowest BCUT2D eigenvalue weighted by Gasteiger charge is -2.33. The van der Waals surface area contributed by atoms with E-state index >= 15 is 0 Å². The maximum absolute atomic E-state index is 12.9. The summed E-state index contributed by atoms with van der Waals surface area (Å²) in [5.41, 5.74) is -0.514. The number of ether oxygens (including phenoxy) is 1. The van der Waals surface area contributed by atoms with Crippen molar-refractivity contribution in [2.24, 2.45) is 12.5 Å². The number of hydrogen-bond donors (Lipinski definition) is 2. The second-order valence-electron chi connectivity index (χ2n) is 8.91. The van der Waals surface area contributed by atoms with Crippen molar-refractivity contribution in [2.45, 2.75) is 32.2 Å². The Labute approximate surface area is 195 Å². The summed E-state index contributed by atoms with van der Waals surface area (Å²) in [5.74, 6) is -1.44. The summed E-state index contributed by atoms with van der Waals surface area (Å²) in [5, 5.41) is 13.9. The predicted molar refractivity (Wildman–Crippen MR) is 126 cm³/mol. The van der Waals surface area contributed by atoms with Gasteiger partial charge in [-0.25, -0.2) is 14.2 Å². The predicted octanol–water partition coefficient (Wildman–Crippen LogP) is 1.62. The molecule has 1 amide bonds. The summed E-state index contributed by atoms with van der Waals surface area (Å²) in [7, 11) is 1.56. The molecule has 9 nitrogen and oxygen atoms in total. The molecule has 178 valence electrons. The molecule has 0 unspecified atom stereocenters. The Balaban J connectivity index is 1.71. The largest absolute Gasteiger partial charge is 0.480 e. The van der Waals surface area contributed by atoms with E-state index in [-0.39, 0.29) is 12.3 Å². The zero-order chi connectivity index (χ0) is 24.5. The number of aliphatic carboxylic acids is 1. The molecule has 4 rings (SSSR count). The van der Waals surface area contributed by atoms with E-state index in [0.717, 1.165) is 4.57 Å². The van der Waals surface area contributed by atoms with E-state index < -0.39 is 28.7 Å². The highest BCUT2D eigenvalue weighted by atomic mass is 16.5. The Bertz CT molecular complexity index is 1370. The van der Waals surface area contributed by atoms with Crippen molar-refractivity contribution in [3.63, 3.8) is 0 Å². The van der Waals surface area contributed by atoms with Gasteiger partial charge in [-0.15, -0.1) is 0 Å². The zero-order valence-corrected chi connectivity index (χ0v) is 19.1. The summed E-state index contributed by atoms with van der Waals surface area (Å²) >= 11 is 0. The van der Waals surface area contributed by atoms with Gasteiger partial charge in [0, 0.05) is 44.3 Å². The number of aryl methyl sites for hydroxylation is 1. The number of benzene rings is 2. The fourth-order valence-electron chi connectivity index (χ4n) is 4.32. The number of nitrogens with one attached hydrogen (secondary N) is 1. The molecule has 0 spiro atoms. The average molecular weight is 466 g/mol. The molecule has 2 N–H and O–H groups in total. The fourth-order valence-corrected chi connectivity index (χ4v) is 4.32. The number of amides is 1. The van der Waals surface area contributed by atoms with Crippen LogP contribution in [0.25, 0.3) is 16.5 Å². The van der Waals surface area contributed by atoms with Crippen molar-refractivity contribution < 1.29 is 19.4 Å². The third-order valence-electron chi connectivity index (χ3n) is 6.56. The van der Waals surface area contributed by atoms with Crippen molar-refractivity contribution in [1.29, 1.82) is 0 Å². The molecule has 0 radical (unpaired) electrons. The first kappa shape index (κ1) is 23.4. The van der Waals surface area contributed by atoms with Gasteiger partial charge in [0.1, 0.15) is 6.04 Å². The Morgan fingerprint density at radius 2 is 1.76 bits per heavy atom. The Kier molecular flexibility index (Phi) is 6.39. The van der Waals surface area contributed by atoms with E-state index in [2.05, 4.69) is 5.32 Å². The number of aromatic nitrogens is 2. The highest BCUT2D eigenvalue weighted by Gasteiger charge is 2.37. The van der Waals surface area contributed by atoms with Crippen LogP contribution < -0.4 is 16.6 Å². The number of carboxylic acids is 1. The maximum atomic E-state index is 12.9. The van der Waals surface area contributed by atoms with E-state index in [4.69, 9.17) is 4.74 Å². The van der Waals surface area contributed by atoms with Gasteiger partial charge in [0.15, 0.2) is 0 Å². The van der Waals surface area contributed by atoms with Crippen molar-refractivity contribution >= 4 is 22.6 Å². The minimum Gasteiger partial charge on any atom is -0.480 e. The van der Waals surface area contributed by atoms with Crippen LogP contribution in [0.1, 0.15) is 25.3 Å². The van der Waals surface area contributed by atoms with Gasteiger partial charge in [0.2, 0.25) is 5.91 Å². The Morgan fingerprint density at radius 1 is 1.09 bits per heavy atom. The molecule has 9 heteroatoms. The molecule has 0 aliphatic carbocycles. The number of fused-ring (bicyclic) bond motifs is 1. The zero-order valence-electron chi connectivity index (χ0n) is 19.1. The molecule has 0 saturated carbocycles. The fraction of sp³-hybridized carbons (Fsp3) is 0.360. The SMILES string of the molecule is Cn1ccc(=O)n(-c2cccc3c(C[C@H](NC(=O)C4(C)CCOCC4)C(=O)O)cccc23)c1=O. The van der Waals surface area contributed by atoms with Gasteiger partial charge in [-0.2, -0.15) is 0 Å². The van der Waals surface area contributed by atoms with Gasteiger partial charge in [-0.1, -0.05) is 37.3 Å². The molecule has 2 aromatic carbocycles. The molecule has 2 heterocycles. The van der Waals surface area contributed by atoms with Crippen LogP contribution in [0.2, 0.25) is 0 Å². The van der Waals surface area contributed by atoms with Crippen LogP contribution in [0.5, 0.6) is 0 Å². The van der Waals surface area contributed by atoms with Gasteiger partial charge in [0.25, 0.3) is 5.56 Å². The first-order chi connectivity index (χ1) is 16.2. The molecular weight excluding hydrogens is 438 g/mol. The normalized spacial score (nSPS) is 16.2. The third-order valence-corrected chi connectivity index (χ3v) is 6.56. The summed E-state index contributed by atoms with van der Waals surface area (Å²) in [4.78, 5) is 50.2. The lowest BCUT2D eigenvalue weighted by molar-refractivity contribution is -0.145. The number of carboxylic acid groups (broad SMARTS) is 1. The summed E-state index contributed by atoms with van der Waals surface area (Å²) in [6.07, 6.45) is 2.53. The van der Waals surface area contributed by atoms with Crippen LogP contribution >= 0.6 is 0 Å². The van der Waals surface area contributed by atoms with E-state index in [9.17, 15) is 24.3 Å². The number of rotatable bonds is 6. The molecule has 1 aromatic heterocycles. The van der Waals surface area contributed by atoms with Crippen molar-refractivity contribution in [3.05, 3.63) is 75.1 Å². The first-order valence-electron chi connectivity index (χ1n) is 11.1. The highest BCUT2D eigenvalue weighted by Crippen LogP contribution is 2.30. The molecule has 1 aliphatic rings. The molecule has 1 saturated heterocycles. The van der Waals surface area contributed by atoms with Gasteiger partial charge in [-0.3, -0.25) is 9.59 Å². The minimum atomic E-state index is -1.13. The van der Waals surface area contributed by atoms with Crippen molar-refractivity contribution in [3.8, 4) is 5.69 Å². The summed E-state index contributed by atoms with van der Waals surface area (Å²) < 4.78 is 7.75. The molecule has 0 bridgehead atoms. The highest BCUT2D eigenvalue weighted by molar-refractivity contribution is 5.93. The van der Waals surface area contributed by atoms with Gasteiger partial charge >= 0.3 is 11.7 Å². The Morgan fingerprint density at radius 3 is 2.47 bits per heavy atom. The van der Waals surface area contributed by atoms with Crippen LogP contribution in [0, 0.1) is 5.41 Å². The van der Waals surface area contributed by atoms with E-state index in [1.165, 1.54) is 16.8 Å². The molecule has 1 fully saturated rings. The van der Waals surface area contributed by atoms with E-state index in [1.807, 2.05) is 13.0 Å². The van der Waals surface area contributed by atoms with Crippen LogP contribution in [-0.2, 0) is 27.8 Å². The van der Waals surface area contributed by atoms with Gasteiger partial charge in [0.05, 0.1) is 11.1 Å². The number of hydrogen-bond acceptors (Lipinski definition) is 5. The standard InChI is InChI=1S/C25H27N3O6/c1-25(10-13-34-14-11-25)23(32)26-19(22(30)31)15-16-5-3-7-18-17(16)6-4-8-20(18)28-21(29)9-12-27(2)24(28)33/h3-9,12,19H,10-11,13-15H2,1-2H3,(H,26,32)(H,30,31)/t19-/m0/s1. The molecule has 3 aromatic rings. The number of carbonyl (C=O) groups excluding carboxylic acids is 1. The minimum absolute atomic E-state index is 0.0517. The lowest BCUT2D eigenvalue weighted by Crippen LogP contribution is -2.50. The third kappa shape index (κ3) is 4.38. The van der Waals surface area contributed by atoms with Crippen molar-refractivity contribution in [1.82, 2.24) is 14.5 Å². The van der Waals surface area contributed by atoms with Gasteiger partial charge < -0.3 is 19.7 Å². The Hall–Kier alpha value is -3.72. The van der Waals surface area contributed by atoms with E-state index in [1.54, 1.807) is 37.4 Å². The van der Waals surface area contributed by atoms with Crippen LogP contribution in [0.3, 0.4) is 0 Å². The number of nitrogens with zero attached hydrogens (tertiary/aromatic N) is 2. The smallest absolute Gasteiger partial charge is 0.335 e. The van der Waals surface area contributed by atoms with E-state index in [0.29, 0.717) is 48.1 Å². The molecule has 1 atom stereocenters. The van der Waals surface area contributed by atoms with Crippen LogP contribution in [0.15, 0.2) is 58.3 Å². The second kappa shape index (κ2) is 9.26. The quantitative estimate of drug-likeness (QED) is 0.571. The second-order valence-corrected chi connectivity index (χ2v) is 8.91. The van der Waals surface area contributed by atoms with Crippen LogP contribution in [-0.4, -0.2) is 45.4 Å². The van der Waals surface area contributed by atoms with Crippen molar-refractivity contribution in [2.75, 3.05) is 13.2 Å². The summed E-state index contributed by atoms with van der Waals surface area (Å²) in [6, 6.07) is 10.7. The molecule has 34 heavy (non-hydrogen) atoms. The monoisotopic (exact) mass is 465 g/mol. The molecule has 1 aliphatic heterocycles. The average Bonchev–Trinajstić information content (AvgIpc) is 2.82. The van der Waals surface area contributed by atoms with Gasteiger partial charge in [-0.05, 0) is 29.9 Å². The lowest BCUT2D eigenvalue weighted by atomic mass is 9.81. The maximum Gasteiger partial charge on any atom is 0.335 e. The first-order valence-corrected chi connectivity index (χ1v) is 11.1.